The summed E-state index contributed by atoms with van der Waals surface area (Å²) in [6.07, 6.45) is -4.63. The van der Waals surface area contributed by atoms with Gasteiger partial charge in [-0.1, -0.05) is 0 Å². The lowest BCUT2D eigenvalue weighted by Gasteiger charge is -2.16. The first kappa shape index (κ1) is 13.1. The maximum Gasteiger partial charge on any atom is 0.151 e. The summed E-state index contributed by atoms with van der Waals surface area (Å²) in [5.41, 5.74) is 0. The van der Waals surface area contributed by atoms with Crippen LogP contribution < -0.4 is 0 Å². The third-order valence-corrected chi connectivity index (χ3v) is 1.07. The van der Waals surface area contributed by atoms with Crippen LogP contribution in [0, 0.1) is 0 Å². The molecule has 0 saturated heterocycles. The van der Waals surface area contributed by atoms with Crippen molar-refractivity contribution in [1.29, 1.82) is 0 Å². The summed E-state index contributed by atoms with van der Waals surface area (Å²) in [7, 11) is 0. The molecule has 11 heavy (non-hydrogen) atoms. The second-order valence-electron chi connectivity index (χ2n) is 1.87. The fourth-order valence-corrected chi connectivity index (χ4v) is 0.416. The van der Waals surface area contributed by atoms with Crippen LogP contribution in [0.25, 0.3) is 0 Å². The number of aldehydes is 1. The lowest BCUT2D eigenvalue weighted by Crippen LogP contribution is -2.40. The van der Waals surface area contributed by atoms with E-state index in [2.05, 4.69) is 0 Å². The maximum absolute atomic E-state index is 9.76. The predicted molar refractivity (Wildman–Crippen MR) is 34.8 cm³/mol. The molecule has 0 unspecified atom stereocenters. The van der Waals surface area contributed by atoms with Crippen molar-refractivity contribution in [2.75, 3.05) is 6.61 Å². The van der Waals surface area contributed by atoms with Crippen molar-refractivity contribution in [3.63, 3.8) is 0 Å². The molecule has 0 spiro atoms. The van der Waals surface area contributed by atoms with E-state index in [0.29, 0.717) is 0 Å². The van der Waals surface area contributed by atoms with E-state index in [0.717, 1.165) is 0 Å². The van der Waals surface area contributed by atoms with Crippen molar-refractivity contribution in [2.24, 2.45) is 0 Å². The van der Waals surface area contributed by atoms with Gasteiger partial charge in [0.1, 0.15) is 18.3 Å². The van der Waals surface area contributed by atoms with Gasteiger partial charge in [-0.25, -0.2) is 0 Å². The zero-order chi connectivity index (χ0) is 8.15. The molecule has 0 radical (unpaired) electrons. The highest BCUT2D eigenvalue weighted by Crippen LogP contribution is 1.96. The van der Waals surface area contributed by atoms with E-state index in [1.807, 2.05) is 0 Å². The van der Waals surface area contributed by atoms with Crippen LogP contribution in [0.4, 0.5) is 0 Å². The number of carbonyl (C=O) groups excluding carboxylic acids is 1. The third-order valence-electron chi connectivity index (χ3n) is 1.07. The van der Waals surface area contributed by atoms with Crippen molar-refractivity contribution in [2.45, 2.75) is 18.3 Å². The highest BCUT2D eigenvalue weighted by molar-refractivity contribution is 5.56. The van der Waals surface area contributed by atoms with Crippen LogP contribution in [0.5, 0.6) is 0 Å². The Bertz CT molecular complexity index is 105. The zero-order valence-electron chi connectivity index (χ0n) is 5.71. The Kier molecular flexibility index (Phi) is 7.37. The molecule has 68 valence electrons. The first-order valence-electron chi connectivity index (χ1n) is 2.73. The van der Waals surface area contributed by atoms with E-state index in [-0.39, 0.29) is 11.8 Å². The van der Waals surface area contributed by atoms with Crippen LogP contribution >= 0.6 is 0 Å². The molecule has 6 N–H and O–H groups in total. The topological polar surface area (TPSA) is 129 Å². The zero-order valence-corrected chi connectivity index (χ0v) is 5.71. The van der Waals surface area contributed by atoms with Gasteiger partial charge in [-0.15, -0.1) is 0 Å². The standard InChI is InChI=1S/C5H10O5.H2O/c6-1-3(8)5(10)4(9)2-7;/h1,3-5,7-10H,2H2;1H2/t3-,4-,5+;/m1./s1. The Morgan fingerprint density at radius 3 is 2.00 bits per heavy atom. The average Bonchev–Trinajstić information content (AvgIpc) is 2.00. The van der Waals surface area contributed by atoms with Crippen LogP contribution in [-0.2, 0) is 4.79 Å². The predicted octanol–water partition coefficient (Wildman–Crippen LogP) is -3.56. The molecule has 0 heterocycles. The molecule has 0 saturated carbocycles. The highest BCUT2D eigenvalue weighted by Gasteiger charge is 2.22. The van der Waals surface area contributed by atoms with Crippen molar-refractivity contribution in [1.82, 2.24) is 0 Å². The summed E-state index contributed by atoms with van der Waals surface area (Å²) >= 11 is 0. The Morgan fingerprint density at radius 2 is 1.73 bits per heavy atom. The smallest absolute Gasteiger partial charge is 0.151 e. The molecular weight excluding hydrogens is 156 g/mol. The Balaban J connectivity index is 0. The van der Waals surface area contributed by atoms with Gasteiger partial charge >= 0.3 is 0 Å². The van der Waals surface area contributed by atoms with Crippen LogP contribution in [0.3, 0.4) is 0 Å². The minimum absolute atomic E-state index is 0. The summed E-state index contributed by atoms with van der Waals surface area (Å²) in [6, 6.07) is 0. The first-order valence-corrected chi connectivity index (χ1v) is 2.73. The number of hydrogen-bond acceptors (Lipinski definition) is 5. The van der Waals surface area contributed by atoms with Crippen molar-refractivity contribution < 1.29 is 30.7 Å². The lowest BCUT2D eigenvalue weighted by atomic mass is 10.1. The van der Waals surface area contributed by atoms with Gasteiger partial charge in [0, 0.05) is 0 Å². The SMILES string of the molecule is O.O=C[C@@H](O)[C@H](O)[C@H](O)CO. The summed E-state index contributed by atoms with van der Waals surface area (Å²) in [4.78, 5) is 9.76. The van der Waals surface area contributed by atoms with Gasteiger partial charge in [-0.05, 0) is 0 Å². The highest BCUT2D eigenvalue weighted by atomic mass is 16.4. The fraction of sp³-hybridized carbons (Fsp3) is 0.800. The number of aliphatic hydroxyl groups is 4. The summed E-state index contributed by atoms with van der Waals surface area (Å²) in [5.74, 6) is 0. The summed E-state index contributed by atoms with van der Waals surface area (Å²) < 4.78 is 0. The fourth-order valence-electron chi connectivity index (χ4n) is 0.416. The van der Waals surface area contributed by atoms with E-state index in [1.54, 1.807) is 0 Å². The van der Waals surface area contributed by atoms with Gasteiger partial charge in [0.15, 0.2) is 6.29 Å². The average molecular weight is 168 g/mol. The molecule has 0 aromatic rings. The number of carbonyl (C=O) groups is 1. The van der Waals surface area contributed by atoms with Crippen molar-refractivity contribution >= 4 is 6.29 Å². The summed E-state index contributed by atoms with van der Waals surface area (Å²) in [6.45, 7) is -0.688. The molecule has 0 rings (SSSR count). The quantitative estimate of drug-likeness (QED) is 0.323. The maximum atomic E-state index is 9.76. The second-order valence-corrected chi connectivity index (χ2v) is 1.87. The normalized spacial score (nSPS) is 17.8. The number of hydrogen-bond donors (Lipinski definition) is 4. The molecule has 0 amide bonds. The molecule has 0 bridgehead atoms. The number of aliphatic hydroxyl groups excluding tert-OH is 4. The van der Waals surface area contributed by atoms with Crippen LogP contribution in [0.1, 0.15) is 0 Å². The monoisotopic (exact) mass is 168 g/mol. The molecule has 3 atom stereocenters. The lowest BCUT2D eigenvalue weighted by molar-refractivity contribution is -0.127. The van der Waals surface area contributed by atoms with E-state index >= 15 is 0 Å². The molecular formula is C5H12O6. The summed E-state index contributed by atoms with van der Waals surface area (Å²) in [5, 5.41) is 34.1. The van der Waals surface area contributed by atoms with Crippen LogP contribution in [0.2, 0.25) is 0 Å². The molecule has 6 nitrogen and oxygen atoms in total. The second kappa shape index (κ2) is 6.20. The minimum atomic E-state index is -1.64. The molecule has 0 aliphatic rings. The Labute approximate surface area is 63.0 Å². The molecule has 0 aromatic heterocycles. The molecule has 6 heteroatoms. The van der Waals surface area contributed by atoms with Gasteiger partial charge in [-0.3, -0.25) is 0 Å². The molecule has 0 aliphatic carbocycles. The molecule has 0 fully saturated rings. The van der Waals surface area contributed by atoms with Crippen molar-refractivity contribution in [3.8, 4) is 0 Å². The third kappa shape index (κ3) is 4.02. The van der Waals surface area contributed by atoms with Crippen LogP contribution in [0.15, 0.2) is 0 Å². The van der Waals surface area contributed by atoms with Gasteiger partial charge < -0.3 is 30.7 Å². The van der Waals surface area contributed by atoms with E-state index in [9.17, 15) is 4.79 Å². The van der Waals surface area contributed by atoms with Gasteiger partial charge in [0.2, 0.25) is 0 Å². The minimum Gasteiger partial charge on any atom is -0.412 e. The van der Waals surface area contributed by atoms with Crippen molar-refractivity contribution in [3.05, 3.63) is 0 Å². The molecule has 0 aromatic carbocycles. The van der Waals surface area contributed by atoms with Gasteiger partial charge in [-0.2, -0.15) is 0 Å². The van der Waals surface area contributed by atoms with E-state index in [4.69, 9.17) is 20.4 Å². The Hall–Kier alpha value is -0.530. The van der Waals surface area contributed by atoms with Gasteiger partial charge in [0.25, 0.3) is 0 Å². The Morgan fingerprint density at radius 1 is 1.27 bits per heavy atom. The van der Waals surface area contributed by atoms with E-state index < -0.39 is 24.9 Å². The van der Waals surface area contributed by atoms with E-state index in [1.165, 1.54) is 0 Å². The van der Waals surface area contributed by atoms with Crippen LogP contribution in [-0.4, -0.2) is 57.1 Å². The molecule has 0 aliphatic heterocycles. The largest absolute Gasteiger partial charge is 0.412 e. The number of rotatable bonds is 4. The first-order chi connectivity index (χ1) is 4.63. The van der Waals surface area contributed by atoms with Gasteiger partial charge in [0.05, 0.1) is 6.61 Å².